The van der Waals surface area contributed by atoms with Gasteiger partial charge in [0, 0.05) is 11.3 Å². The molecule has 1 unspecified atom stereocenters. The van der Waals surface area contributed by atoms with Crippen LogP contribution in [0.2, 0.25) is 0 Å². The number of thioether (sulfide) groups is 1. The summed E-state index contributed by atoms with van der Waals surface area (Å²) in [5.41, 5.74) is 0. The molecular formula is C12H18N4O2S. The zero-order valence-corrected chi connectivity index (χ0v) is 11.8. The number of hydrogen-bond donors (Lipinski definition) is 2. The third-order valence-corrected chi connectivity index (χ3v) is 5.23. The lowest BCUT2D eigenvalue weighted by atomic mass is 10.2. The van der Waals surface area contributed by atoms with Gasteiger partial charge >= 0.3 is 0 Å². The maximum absolute atomic E-state index is 11.9. The van der Waals surface area contributed by atoms with Crippen molar-refractivity contribution in [3.8, 4) is 0 Å². The SMILES string of the molecule is CSC1(CNC(=O)c2noc(C3CCCN3)n2)CC1. The summed E-state index contributed by atoms with van der Waals surface area (Å²) in [4.78, 5) is 16.1. The van der Waals surface area contributed by atoms with Crippen molar-refractivity contribution in [2.75, 3.05) is 19.3 Å². The monoisotopic (exact) mass is 282 g/mol. The Labute approximate surface area is 116 Å². The average Bonchev–Trinajstić information content (AvgIpc) is 2.87. The van der Waals surface area contributed by atoms with E-state index in [1.165, 1.54) is 0 Å². The van der Waals surface area contributed by atoms with Gasteiger partial charge in [0.2, 0.25) is 5.89 Å². The van der Waals surface area contributed by atoms with Crippen LogP contribution in [0.3, 0.4) is 0 Å². The van der Waals surface area contributed by atoms with Crippen LogP contribution >= 0.6 is 11.8 Å². The van der Waals surface area contributed by atoms with Crippen molar-refractivity contribution in [3.05, 3.63) is 11.7 Å². The number of amides is 1. The predicted molar refractivity (Wildman–Crippen MR) is 72.1 cm³/mol. The van der Waals surface area contributed by atoms with Crippen LogP contribution in [0.5, 0.6) is 0 Å². The van der Waals surface area contributed by atoms with E-state index in [-0.39, 0.29) is 22.5 Å². The Morgan fingerprint density at radius 2 is 2.47 bits per heavy atom. The van der Waals surface area contributed by atoms with E-state index in [4.69, 9.17) is 4.52 Å². The van der Waals surface area contributed by atoms with Crippen molar-refractivity contribution in [2.45, 2.75) is 36.5 Å². The molecule has 3 rings (SSSR count). The fraction of sp³-hybridized carbons (Fsp3) is 0.750. The molecule has 0 bridgehead atoms. The van der Waals surface area contributed by atoms with Crippen molar-refractivity contribution >= 4 is 17.7 Å². The molecule has 1 aromatic heterocycles. The molecule has 1 saturated heterocycles. The molecule has 0 radical (unpaired) electrons. The predicted octanol–water partition coefficient (Wildman–Crippen LogP) is 1.12. The molecule has 0 aromatic carbocycles. The van der Waals surface area contributed by atoms with Gasteiger partial charge < -0.3 is 15.2 Å². The normalized spacial score (nSPS) is 24.4. The minimum atomic E-state index is -0.242. The second-order valence-electron chi connectivity index (χ2n) is 5.17. The number of nitrogens with one attached hydrogen (secondary N) is 2. The highest BCUT2D eigenvalue weighted by Crippen LogP contribution is 2.46. The number of hydrogen-bond acceptors (Lipinski definition) is 6. The molecule has 1 saturated carbocycles. The first-order chi connectivity index (χ1) is 9.22. The van der Waals surface area contributed by atoms with Crippen LogP contribution in [0.4, 0.5) is 0 Å². The molecule has 1 atom stereocenters. The van der Waals surface area contributed by atoms with Gasteiger partial charge in [-0.1, -0.05) is 5.16 Å². The highest BCUT2D eigenvalue weighted by atomic mass is 32.2. The molecule has 1 amide bonds. The molecule has 6 nitrogen and oxygen atoms in total. The summed E-state index contributed by atoms with van der Waals surface area (Å²) in [5.74, 6) is 0.419. The Kier molecular flexibility index (Phi) is 3.49. The number of aromatic nitrogens is 2. The van der Waals surface area contributed by atoms with E-state index in [1.807, 2.05) is 11.8 Å². The lowest BCUT2D eigenvalue weighted by Crippen LogP contribution is -2.32. The van der Waals surface area contributed by atoms with Crippen molar-refractivity contribution in [1.29, 1.82) is 0 Å². The average molecular weight is 282 g/mol. The standard InChI is InChI=1S/C12H18N4O2S/c1-19-12(4-5-12)7-14-10(17)9-15-11(18-16-9)8-3-2-6-13-8/h8,13H,2-7H2,1H3,(H,14,17). The lowest BCUT2D eigenvalue weighted by molar-refractivity contribution is 0.0939. The Hall–Kier alpha value is -1.08. The van der Waals surface area contributed by atoms with E-state index in [0.29, 0.717) is 12.4 Å². The molecule has 0 spiro atoms. The van der Waals surface area contributed by atoms with Crippen LogP contribution in [-0.2, 0) is 0 Å². The van der Waals surface area contributed by atoms with Crippen LogP contribution in [0, 0.1) is 0 Å². The summed E-state index contributed by atoms with van der Waals surface area (Å²) in [6.45, 7) is 1.64. The summed E-state index contributed by atoms with van der Waals surface area (Å²) in [6, 6.07) is 0.107. The van der Waals surface area contributed by atoms with E-state index >= 15 is 0 Å². The first-order valence-electron chi connectivity index (χ1n) is 6.63. The zero-order chi connectivity index (χ0) is 13.3. The Bertz CT molecular complexity index is 466. The van der Waals surface area contributed by atoms with E-state index in [1.54, 1.807) is 0 Å². The number of nitrogens with zero attached hydrogens (tertiary/aromatic N) is 2. The van der Waals surface area contributed by atoms with E-state index < -0.39 is 0 Å². The molecule has 1 aliphatic heterocycles. The van der Waals surface area contributed by atoms with Gasteiger partial charge in [-0.15, -0.1) is 0 Å². The van der Waals surface area contributed by atoms with Gasteiger partial charge in [-0.25, -0.2) is 0 Å². The summed E-state index contributed by atoms with van der Waals surface area (Å²) in [5, 5.41) is 9.92. The van der Waals surface area contributed by atoms with Crippen LogP contribution in [0.15, 0.2) is 4.52 Å². The van der Waals surface area contributed by atoms with Crippen LogP contribution in [0.1, 0.15) is 48.2 Å². The van der Waals surface area contributed by atoms with Crippen LogP contribution < -0.4 is 10.6 Å². The molecule has 2 heterocycles. The lowest BCUT2D eigenvalue weighted by Gasteiger charge is -2.11. The van der Waals surface area contributed by atoms with Crippen molar-refractivity contribution < 1.29 is 9.32 Å². The topological polar surface area (TPSA) is 80.0 Å². The second kappa shape index (κ2) is 5.13. The van der Waals surface area contributed by atoms with Gasteiger partial charge in [-0.05, 0) is 38.5 Å². The molecular weight excluding hydrogens is 264 g/mol. The van der Waals surface area contributed by atoms with E-state index in [9.17, 15) is 4.79 Å². The summed E-state index contributed by atoms with van der Waals surface area (Å²) in [7, 11) is 0. The fourth-order valence-electron chi connectivity index (χ4n) is 2.28. The molecule has 104 valence electrons. The minimum absolute atomic E-state index is 0.107. The van der Waals surface area contributed by atoms with Crippen molar-refractivity contribution in [3.63, 3.8) is 0 Å². The number of carbonyl (C=O) groups is 1. The fourth-order valence-corrected chi connectivity index (χ4v) is 3.00. The molecule has 1 aromatic rings. The minimum Gasteiger partial charge on any atom is -0.348 e. The van der Waals surface area contributed by atoms with Crippen LogP contribution in [-0.4, -0.2) is 40.1 Å². The van der Waals surface area contributed by atoms with Gasteiger partial charge in [0.25, 0.3) is 11.7 Å². The van der Waals surface area contributed by atoms with Gasteiger partial charge in [0.15, 0.2) is 0 Å². The first-order valence-corrected chi connectivity index (χ1v) is 7.85. The van der Waals surface area contributed by atoms with Gasteiger partial charge in [0.1, 0.15) is 0 Å². The Morgan fingerprint density at radius 3 is 3.11 bits per heavy atom. The third kappa shape index (κ3) is 2.76. The quantitative estimate of drug-likeness (QED) is 0.842. The summed E-state index contributed by atoms with van der Waals surface area (Å²) < 4.78 is 5.40. The Balaban J connectivity index is 1.57. The molecule has 2 aliphatic rings. The van der Waals surface area contributed by atoms with Crippen molar-refractivity contribution in [2.24, 2.45) is 0 Å². The molecule has 2 N–H and O–H groups in total. The molecule has 1 aliphatic carbocycles. The summed E-state index contributed by atoms with van der Waals surface area (Å²) in [6.07, 6.45) is 6.50. The highest BCUT2D eigenvalue weighted by molar-refractivity contribution is 8.00. The zero-order valence-electron chi connectivity index (χ0n) is 10.9. The molecule has 7 heteroatoms. The Morgan fingerprint density at radius 1 is 1.63 bits per heavy atom. The first kappa shape index (κ1) is 12.9. The van der Waals surface area contributed by atoms with E-state index in [2.05, 4.69) is 27.0 Å². The largest absolute Gasteiger partial charge is 0.348 e. The molecule has 19 heavy (non-hydrogen) atoms. The molecule has 2 fully saturated rings. The third-order valence-electron chi connectivity index (χ3n) is 3.82. The van der Waals surface area contributed by atoms with Gasteiger partial charge in [-0.2, -0.15) is 16.7 Å². The number of rotatable bonds is 5. The van der Waals surface area contributed by atoms with E-state index in [0.717, 1.165) is 32.2 Å². The van der Waals surface area contributed by atoms with Gasteiger partial charge in [-0.3, -0.25) is 4.79 Å². The highest BCUT2D eigenvalue weighted by Gasteiger charge is 2.42. The maximum atomic E-state index is 11.9. The number of carbonyl (C=O) groups excluding carboxylic acids is 1. The van der Waals surface area contributed by atoms with Gasteiger partial charge in [0.05, 0.1) is 6.04 Å². The van der Waals surface area contributed by atoms with Crippen molar-refractivity contribution in [1.82, 2.24) is 20.8 Å². The second-order valence-corrected chi connectivity index (χ2v) is 6.45. The summed E-state index contributed by atoms with van der Waals surface area (Å²) >= 11 is 1.81. The smallest absolute Gasteiger partial charge is 0.292 e. The maximum Gasteiger partial charge on any atom is 0.292 e. The van der Waals surface area contributed by atoms with Crippen LogP contribution in [0.25, 0.3) is 0 Å².